The number of unbranched alkanes of at least 4 members (excludes halogenated alkanes) is 6. The minimum Gasteiger partial charge on any atom is -0.744 e. The second-order valence-electron chi connectivity index (χ2n) is 6.09. The van der Waals surface area contributed by atoms with Crippen molar-refractivity contribution < 1.29 is 42.5 Å². The molecule has 5 heteroatoms. The van der Waals surface area contributed by atoms with Gasteiger partial charge in [0.1, 0.15) is 10.1 Å². The molecule has 126 valence electrons. The predicted octanol–water partition coefficient (Wildman–Crippen LogP) is 2.04. The quantitative estimate of drug-likeness (QED) is 0.392. The molecular formula is C19H25NaO3S. The summed E-state index contributed by atoms with van der Waals surface area (Å²) >= 11 is 0. The summed E-state index contributed by atoms with van der Waals surface area (Å²) in [5.74, 6) is 0. The Bertz CT molecular complexity index is 741. The van der Waals surface area contributed by atoms with E-state index in [1.54, 1.807) is 12.1 Å². The van der Waals surface area contributed by atoms with E-state index in [1.165, 1.54) is 44.6 Å². The van der Waals surface area contributed by atoms with Crippen LogP contribution in [0.1, 0.15) is 57.4 Å². The average Bonchev–Trinajstić information content (AvgIpc) is 2.52. The Balaban J connectivity index is 0.00000288. The van der Waals surface area contributed by atoms with Gasteiger partial charge >= 0.3 is 29.6 Å². The molecule has 24 heavy (non-hydrogen) atoms. The Kier molecular flexibility index (Phi) is 9.53. The third-order valence-corrected chi connectivity index (χ3v) is 5.19. The van der Waals surface area contributed by atoms with Crippen LogP contribution in [0, 0.1) is 0 Å². The molecule has 2 aromatic rings. The van der Waals surface area contributed by atoms with E-state index in [0.29, 0.717) is 5.39 Å². The average molecular weight is 356 g/mol. The monoisotopic (exact) mass is 356 g/mol. The van der Waals surface area contributed by atoms with Gasteiger partial charge in [-0.3, -0.25) is 0 Å². The van der Waals surface area contributed by atoms with Crippen LogP contribution in [-0.2, 0) is 16.5 Å². The summed E-state index contributed by atoms with van der Waals surface area (Å²) in [7, 11) is -4.43. The van der Waals surface area contributed by atoms with Gasteiger partial charge in [-0.05, 0) is 35.2 Å². The van der Waals surface area contributed by atoms with Crippen LogP contribution in [0.5, 0.6) is 0 Å². The van der Waals surface area contributed by atoms with Crippen LogP contribution in [0.4, 0.5) is 0 Å². The first-order valence-electron chi connectivity index (χ1n) is 8.50. The molecule has 0 unspecified atom stereocenters. The summed E-state index contributed by atoms with van der Waals surface area (Å²) in [6.07, 6.45) is 9.66. The number of fused-ring (bicyclic) bond motifs is 1. The van der Waals surface area contributed by atoms with Crippen molar-refractivity contribution in [1.29, 1.82) is 0 Å². The van der Waals surface area contributed by atoms with Crippen LogP contribution in [-0.4, -0.2) is 13.0 Å². The van der Waals surface area contributed by atoms with E-state index in [-0.39, 0.29) is 34.5 Å². The molecule has 0 spiro atoms. The van der Waals surface area contributed by atoms with Gasteiger partial charge in [0.2, 0.25) is 0 Å². The summed E-state index contributed by atoms with van der Waals surface area (Å²) < 4.78 is 34.2. The van der Waals surface area contributed by atoms with E-state index in [2.05, 4.69) is 6.92 Å². The molecule has 0 saturated heterocycles. The number of aryl methyl sites for hydroxylation is 1. The van der Waals surface area contributed by atoms with Gasteiger partial charge in [0.15, 0.2) is 0 Å². The van der Waals surface area contributed by atoms with Crippen molar-refractivity contribution >= 4 is 20.9 Å². The maximum atomic E-state index is 11.4. The molecule has 3 nitrogen and oxygen atoms in total. The van der Waals surface area contributed by atoms with E-state index in [1.807, 2.05) is 18.2 Å². The minimum absolute atomic E-state index is 0. The van der Waals surface area contributed by atoms with Gasteiger partial charge in [0, 0.05) is 0 Å². The Morgan fingerprint density at radius 2 is 1.42 bits per heavy atom. The van der Waals surface area contributed by atoms with Gasteiger partial charge in [0.25, 0.3) is 0 Å². The van der Waals surface area contributed by atoms with Crippen molar-refractivity contribution in [2.75, 3.05) is 0 Å². The molecule has 0 fully saturated rings. The van der Waals surface area contributed by atoms with Crippen LogP contribution < -0.4 is 29.6 Å². The molecule has 0 aliphatic heterocycles. The fraction of sp³-hybridized carbons (Fsp3) is 0.474. The Morgan fingerprint density at radius 1 is 0.833 bits per heavy atom. The molecule has 0 N–H and O–H groups in total. The third-order valence-electron chi connectivity index (χ3n) is 4.29. The molecule has 0 atom stereocenters. The summed E-state index contributed by atoms with van der Waals surface area (Å²) in [6.45, 7) is 2.22. The van der Waals surface area contributed by atoms with E-state index in [0.717, 1.165) is 23.8 Å². The molecular weight excluding hydrogens is 331 g/mol. The predicted molar refractivity (Wildman–Crippen MR) is 93.6 cm³/mol. The van der Waals surface area contributed by atoms with Crippen molar-refractivity contribution in [3.63, 3.8) is 0 Å². The molecule has 0 bridgehead atoms. The molecule has 0 aliphatic rings. The fourth-order valence-corrected chi connectivity index (χ4v) is 3.75. The molecule has 2 rings (SSSR count). The number of hydrogen-bond acceptors (Lipinski definition) is 3. The van der Waals surface area contributed by atoms with E-state index >= 15 is 0 Å². The maximum absolute atomic E-state index is 11.4. The van der Waals surface area contributed by atoms with Gasteiger partial charge in [-0.15, -0.1) is 0 Å². The van der Waals surface area contributed by atoms with Crippen LogP contribution >= 0.6 is 0 Å². The standard InChI is InChI=1S/C19H26O3S.Na/c1-2-3-4-5-6-7-8-11-16-12-9-14-18-17(16)13-10-15-19(18)23(20,21)22;/h9-10,12-15H,2-8,11H2,1H3,(H,20,21,22);/q;+1/p-1. The molecule has 0 aromatic heterocycles. The van der Waals surface area contributed by atoms with E-state index in [9.17, 15) is 13.0 Å². The number of benzene rings is 2. The van der Waals surface area contributed by atoms with Gasteiger partial charge in [0.05, 0.1) is 4.90 Å². The minimum atomic E-state index is -4.43. The first-order valence-corrected chi connectivity index (χ1v) is 9.91. The third kappa shape index (κ3) is 6.16. The van der Waals surface area contributed by atoms with Crippen molar-refractivity contribution in [1.82, 2.24) is 0 Å². The smallest absolute Gasteiger partial charge is 0.744 e. The molecule has 0 aliphatic carbocycles. The second-order valence-corrected chi connectivity index (χ2v) is 7.44. The summed E-state index contributed by atoms with van der Waals surface area (Å²) in [5, 5.41) is 1.43. The summed E-state index contributed by atoms with van der Waals surface area (Å²) in [6, 6.07) is 10.5. The topological polar surface area (TPSA) is 57.2 Å². The zero-order valence-corrected chi connectivity index (χ0v) is 17.6. The van der Waals surface area contributed by atoms with Crippen LogP contribution in [0.15, 0.2) is 41.3 Å². The molecule has 0 heterocycles. The van der Waals surface area contributed by atoms with Crippen LogP contribution in [0.3, 0.4) is 0 Å². The summed E-state index contributed by atoms with van der Waals surface area (Å²) in [4.78, 5) is -0.114. The largest absolute Gasteiger partial charge is 1.00 e. The van der Waals surface area contributed by atoms with Crippen molar-refractivity contribution in [2.45, 2.75) is 63.2 Å². The fourth-order valence-electron chi connectivity index (χ4n) is 3.05. The van der Waals surface area contributed by atoms with Crippen molar-refractivity contribution in [3.8, 4) is 0 Å². The molecule has 0 amide bonds. The Hall–Kier alpha value is -0.390. The second kappa shape index (κ2) is 10.6. The van der Waals surface area contributed by atoms with Crippen LogP contribution in [0.25, 0.3) is 10.8 Å². The number of hydrogen-bond donors (Lipinski definition) is 0. The number of rotatable bonds is 9. The van der Waals surface area contributed by atoms with Crippen molar-refractivity contribution in [2.24, 2.45) is 0 Å². The normalized spacial score (nSPS) is 11.4. The summed E-state index contributed by atoms with van der Waals surface area (Å²) in [5.41, 5.74) is 1.13. The molecule has 0 radical (unpaired) electrons. The molecule has 2 aromatic carbocycles. The zero-order valence-electron chi connectivity index (χ0n) is 14.8. The Morgan fingerprint density at radius 3 is 2.08 bits per heavy atom. The van der Waals surface area contributed by atoms with E-state index < -0.39 is 10.1 Å². The van der Waals surface area contributed by atoms with Crippen LogP contribution in [0.2, 0.25) is 0 Å². The molecule has 0 saturated carbocycles. The SMILES string of the molecule is CCCCCCCCCc1cccc2c(S(=O)(=O)[O-])cccc12.[Na+]. The Labute approximate surface area is 167 Å². The van der Waals surface area contributed by atoms with Crippen molar-refractivity contribution in [3.05, 3.63) is 42.0 Å². The van der Waals surface area contributed by atoms with Gasteiger partial charge < -0.3 is 4.55 Å². The van der Waals surface area contributed by atoms with Gasteiger partial charge in [-0.2, -0.15) is 0 Å². The first-order chi connectivity index (χ1) is 11.0. The maximum Gasteiger partial charge on any atom is 1.00 e. The van der Waals surface area contributed by atoms with Gasteiger partial charge in [-0.25, -0.2) is 8.42 Å². The van der Waals surface area contributed by atoms with E-state index in [4.69, 9.17) is 0 Å². The van der Waals surface area contributed by atoms with Gasteiger partial charge in [-0.1, -0.05) is 75.8 Å². The first kappa shape index (κ1) is 21.7. The zero-order chi connectivity index (χ0) is 16.7.